The number of aromatic carboxylic acids is 1. The van der Waals surface area contributed by atoms with Crippen molar-refractivity contribution < 1.29 is 15.0 Å². The molecule has 0 saturated carbocycles. The summed E-state index contributed by atoms with van der Waals surface area (Å²) in [5.41, 5.74) is 6.05. The lowest BCUT2D eigenvalue weighted by atomic mass is 9.79. The second-order valence-corrected chi connectivity index (χ2v) is 8.06. The minimum atomic E-state index is -0.893. The molecular formula is C26H28N2O3. The van der Waals surface area contributed by atoms with Crippen molar-refractivity contribution in [3.8, 4) is 0 Å². The largest absolute Gasteiger partial charge is 0.478 e. The molecule has 5 heteroatoms. The van der Waals surface area contributed by atoms with Crippen molar-refractivity contribution in [1.29, 1.82) is 0 Å². The molecule has 3 aromatic rings. The Morgan fingerprint density at radius 3 is 2.71 bits per heavy atom. The van der Waals surface area contributed by atoms with Crippen LogP contribution in [0, 0.1) is 0 Å². The first kappa shape index (κ1) is 21.1. The molecule has 31 heavy (non-hydrogen) atoms. The monoisotopic (exact) mass is 416 g/mol. The summed E-state index contributed by atoms with van der Waals surface area (Å²) in [6.45, 7) is 0.636. The molecule has 0 spiro atoms. The molecule has 0 unspecified atom stereocenters. The van der Waals surface area contributed by atoms with Crippen LogP contribution in [0.5, 0.6) is 0 Å². The Balaban J connectivity index is 1.55. The Bertz CT molecular complexity index is 1040. The number of anilines is 2. The van der Waals surface area contributed by atoms with E-state index >= 15 is 0 Å². The van der Waals surface area contributed by atoms with Crippen LogP contribution >= 0.6 is 0 Å². The zero-order valence-corrected chi connectivity index (χ0v) is 17.6. The zero-order chi connectivity index (χ0) is 21.6. The summed E-state index contributed by atoms with van der Waals surface area (Å²) < 4.78 is 0. The summed E-state index contributed by atoms with van der Waals surface area (Å²) in [6, 6.07) is 18.4. The Hall–Kier alpha value is -3.18. The Labute approximate surface area is 183 Å². The van der Waals surface area contributed by atoms with Gasteiger partial charge in [-0.2, -0.15) is 0 Å². The number of aromatic nitrogens is 1. The Kier molecular flexibility index (Phi) is 6.63. The van der Waals surface area contributed by atoms with E-state index in [2.05, 4.69) is 40.2 Å². The molecule has 1 atom stereocenters. The number of rotatable bonds is 8. The average Bonchev–Trinajstić information content (AvgIpc) is 2.81. The summed E-state index contributed by atoms with van der Waals surface area (Å²) in [7, 11) is 0. The van der Waals surface area contributed by atoms with Gasteiger partial charge in [-0.15, -0.1) is 0 Å². The molecule has 2 N–H and O–H groups in total. The van der Waals surface area contributed by atoms with E-state index in [9.17, 15) is 15.0 Å². The number of nitrogens with zero attached hydrogens (tertiary/aromatic N) is 2. The van der Waals surface area contributed by atoms with Gasteiger partial charge in [0, 0.05) is 30.3 Å². The van der Waals surface area contributed by atoms with Crippen LogP contribution in [-0.2, 0) is 12.8 Å². The lowest BCUT2D eigenvalue weighted by molar-refractivity contribution is 0.0695. The Morgan fingerprint density at radius 2 is 1.94 bits per heavy atom. The predicted molar refractivity (Wildman–Crippen MR) is 122 cm³/mol. The minimum absolute atomic E-state index is 0.0889. The van der Waals surface area contributed by atoms with Gasteiger partial charge in [0.25, 0.3) is 0 Å². The lowest BCUT2D eigenvalue weighted by Crippen LogP contribution is -2.22. The maximum absolute atomic E-state index is 11.5. The molecule has 1 aliphatic rings. The average molecular weight is 417 g/mol. The molecule has 2 aromatic carbocycles. The van der Waals surface area contributed by atoms with Crippen LogP contribution in [0.3, 0.4) is 0 Å². The van der Waals surface area contributed by atoms with Gasteiger partial charge in [0.15, 0.2) is 0 Å². The van der Waals surface area contributed by atoms with Crippen LogP contribution in [0.1, 0.15) is 52.2 Å². The summed E-state index contributed by atoms with van der Waals surface area (Å²) in [4.78, 5) is 17.8. The summed E-state index contributed by atoms with van der Waals surface area (Å²) >= 11 is 0. The van der Waals surface area contributed by atoms with Crippen LogP contribution in [0.25, 0.3) is 0 Å². The van der Waals surface area contributed by atoms with Gasteiger partial charge in [-0.1, -0.05) is 24.3 Å². The number of pyridine rings is 1. The maximum Gasteiger partial charge on any atom is 0.336 e. The van der Waals surface area contributed by atoms with Crippen molar-refractivity contribution in [2.24, 2.45) is 0 Å². The molecule has 5 nitrogen and oxygen atoms in total. The van der Waals surface area contributed by atoms with Crippen LogP contribution in [0.4, 0.5) is 11.4 Å². The number of aryl methyl sites for hydroxylation is 2. The van der Waals surface area contributed by atoms with E-state index in [1.54, 1.807) is 12.3 Å². The van der Waals surface area contributed by atoms with Crippen LogP contribution in [0.15, 0.2) is 67.0 Å². The second kappa shape index (κ2) is 9.75. The number of para-hydroxylation sites is 1. The number of hydrogen-bond acceptors (Lipinski definition) is 4. The summed E-state index contributed by atoms with van der Waals surface area (Å²) in [6.07, 6.45) is 8.14. The predicted octanol–water partition coefficient (Wildman–Crippen LogP) is 4.96. The number of aliphatic hydroxyl groups is 1. The van der Waals surface area contributed by atoms with E-state index in [1.165, 1.54) is 17.3 Å². The SMILES string of the molecule is O=C(O)c1ccncc1CC[C@@H]1CCCc2cc(N(CCO)c3ccccc3)ccc21. The molecule has 1 aromatic heterocycles. The topological polar surface area (TPSA) is 73.7 Å². The molecule has 1 heterocycles. The molecule has 0 radical (unpaired) electrons. The lowest BCUT2D eigenvalue weighted by Gasteiger charge is -2.29. The highest BCUT2D eigenvalue weighted by Gasteiger charge is 2.22. The van der Waals surface area contributed by atoms with Crippen molar-refractivity contribution >= 4 is 17.3 Å². The van der Waals surface area contributed by atoms with E-state index in [0.717, 1.165) is 42.6 Å². The van der Waals surface area contributed by atoms with Gasteiger partial charge >= 0.3 is 5.97 Å². The molecule has 0 saturated heterocycles. The number of benzene rings is 2. The summed E-state index contributed by atoms with van der Waals surface area (Å²) in [5, 5.41) is 19.0. The number of fused-ring (bicyclic) bond motifs is 1. The smallest absolute Gasteiger partial charge is 0.336 e. The fraction of sp³-hybridized carbons (Fsp3) is 0.308. The number of aliphatic hydroxyl groups excluding tert-OH is 1. The molecule has 0 aliphatic heterocycles. The first-order valence-electron chi connectivity index (χ1n) is 10.9. The third-order valence-electron chi connectivity index (χ3n) is 6.16. The van der Waals surface area contributed by atoms with Crippen molar-refractivity contribution in [2.75, 3.05) is 18.1 Å². The second-order valence-electron chi connectivity index (χ2n) is 8.06. The molecule has 0 fully saturated rings. The molecule has 0 amide bonds. The highest BCUT2D eigenvalue weighted by atomic mass is 16.4. The number of carbonyl (C=O) groups is 1. The van der Waals surface area contributed by atoms with Crippen molar-refractivity contribution in [3.05, 3.63) is 89.2 Å². The number of carboxylic acid groups (broad SMARTS) is 1. The highest BCUT2D eigenvalue weighted by molar-refractivity contribution is 5.89. The van der Waals surface area contributed by atoms with E-state index in [1.807, 2.05) is 18.2 Å². The minimum Gasteiger partial charge on any atom is -0.478 e. The summed E-state index contributed by atoms with van der Waals surface area (Å²) in [5.74, 6) is -0.473. The Morgan fingerprint density at radius 1 is 1.10 bits per heavy atom. The third-order valence-corrected chi connectivity index (χ3v) is 6.16. The molecule has 160 valence electrons. The van der Waals surface area contributed by atoms with Gasteiger partial charge in [-0.25, -0.2) is 4.79 Å². The van der Waals surface area contributed by atoms with Crippen LogP contribution < -0.4 is 4.90 Å². The van der Waals surface area contributed by atoms with Gasteiger partial charge in [0.05, 0.1) is 12.2 Å². The number of hydrogen-bond donors (Lipinski definition) is 2. The highest BCUT2D eigenvalue weighted by Crippen LogP contribution is 2.38. The molecule has 0 bridgehead atoms. The van der Waals surface area contributed by atoms with E-state index in [4.69, 9.17) is 0 Å². The standard InChI is InChI=1S/C26H28N2O3/c29-16-15-28(22-7-2-1-3-8-22)23-11-12-24-19(5-4-6-20(24)17-23)9-10-21-18-27-14-13-25(21)26(30)31/h1-3,7-8,11-14,17-19,29H,4-6,9-10,15-16H2,(H,30,31)/t19-/m0/s1. The quantitative estimate of drug-likeness (QED) is 0.543. The van der Waals surface area contributed by atoms with Gasteiger partial charge in [0.2, 0.25) is 0 Å². The third kappa shape index (κ3) is 4.78. The first-order valence-corrected chi connectivity index (χ1v) is 10.9. The van der Waals surface area contributed by atoms with Gasteiger partial charge in [0.1, 0.15) is 0 Å². The molecule has 4 rings (SSSR count). The van der Waals surface area contributed by atoms with Crippen molar-refractivity contribution in [1.82, 2.24) is 4.98 Å². The van der Waals surface area contributed by atoms with Gasteiger partial charge in [-0.05, 0) is 85.0 Å². The van der Waals surface area contributed by atoms with Crippen molar-refractivity contribution in [3.63, 3.8) is 0 Å². The van der Waals surface area contributed by atoms with Gasteiger partial charge < -0.3 is 15.1 Å². The van der Waals surface area contributed by atoms with Gasteiger partial charge in [-0.3, -0.25) is 4.98 Å². The number of carboxylic acids is 1. The fourth-order valence-corrected chi connectivity index (χ4v) is 4.65. The van der Waals surface area contributed by atoms with E-state index in [-0.39, 0.29) is 6.61 Å². The normalized spacial score (nSPS) is 15.3. The van der Waals surface area contributed by atoms with Crippen LogP contribution in [0.2, 0.25) is 0 Å². The van der Waals surface area contributed by atoms with Crippen LogP contribution in [-0.4, -0.2) is 34.3 Å². The van der Waals surface area contributed by atoms with E-state index < -0.39 is 5.97 Å². The fourth-order valence-electron chi connectivity index (χ4n) is 4.65. The molecule has 1 aliphatic carbocycles. The first-order chi connectivity index (χ1) is 15.2. The maximum atomic E-state index is 11.5. The molecular weight excluding hydrogens is 388 g/mol. The van der Waals surface area contributed by atoms with E-state index in [0.29, 0.717) is 24.4 Å². The van der Waals surface area contributed by atoms with Crippen molar-refractivity contribution in [2.45, 2.75) is 38.0 Å². The zero-order valence-electron chi connectivity index (χ0n) is 17.6.